The molecule has 0 radical (unpaired) electrons. The summed E-state index contributed by atoms with van der Waals surface area (Å²) in [6, 6.07) is 9.39. The molecule has 18 nitrogen and oxygen atoms in total. The van der Waals surface area contributed by atoms with Gasteiger partial charge in [-0.3, -0.25) is 13.7 Å². The normalized spacial score (nSPS) is 13.2. The molecular formula is C24H22N6O12S4. The van der Waals surface area contributed by atoms with Crippen LogP contribution in [-0.2, 0) is 40.2 Å². The Kier molecular flexibility index (Phi) is 8.93. The summed E-state index contributed by atoms with van der Waals surface area (Å²) in [5, 5.41) is 24.8. The van der Waals surface area contributed by atoms with Gasteiger partial charge in [0.15, 0.2) is 15.6 Å². The van der Waals surface area contributed by atoms with E-state index in [1.54, 1.807) is 0 Å². The molecule has 0 unspecified atom stereocenters. The molecule has 0 amide bonds. The van der Waals surface area contributed by atoms with Crippen LogP contribution in [0.2, 0.25) is 0 Å². The van der Waals surface area contributed by atoms with Gasteiger partial charge in [-0.2, -0.15) is 25.3 Å². The molecule has 0 fully saturated rings. The molecule has 0 saturated carbocycles. The molecule has 4 rings (SSSR count). The van der Waals surface area contributed by atoms with Crippen molar-refractivity contribution in [2.45, 2.75) is 26.5 Å². The second-order valence-corrected chi connectivity index (χ2v) is 15.6. The van der Waals surface area contributed by atoms with Gasteiger partial charge in [-0.05, 0) is 47.9 Å². The van der Waals surface area contributed by atoms with Crippen LogP contribution in [0.5, 0.6) is 5.75 Å². The molecule has 8 N–H and O–H groups in total. The van der Waals surface area contributed by atoms with E-state index in [1.165, 1.54) is 31.2 Å². The molecule has 244 valence electrons. The number of nitrogens with zero attached hydrogens (tertiary/aromatic N) is 4. The fourth-order valence-corrected chi connectivity index (χ4v) is 7.06. The summed E-state index contributed by atoms with van der Waals surface area (Å²) in [5.41, 5.74) is 8.25. The number of aromatic hydroxyl groups is 1. The molecule has 4 aromatic rings. The van der Waals surface area contributed by atoms with Gasteiger partial charge >= 0.3 is 0 Å². The van der Waals surface area contributed by atoms with Crippen LogP contribution in [0.25, 0.3) is 10.8 Å². The monoisotopic (exact) mass is 714 g/mol. The summed E-state index contributed by atoms with van der Waals surface area (Å²) >= 11 is 0. The number of phenolic OH excluding ortho intramolecular Hbond substituents is 1. The Labute approximate surface area is 261 Å². The van der Waals surface area contributed by atoms with E-state index in [-0.39, 0.29) is 22.0 Å². The first-order valence-electron chi connectivity index (χ1n) is 12.3. The first kappa shape index (κ1) is 34.3. The highest BCUT2D eigenvalue weighted by molar-refractivity contribution is 7.91. The van der Waals surface area contributed by atoms with Crippen molar-refractivity contribution in [2.24, 2.45) is 20.5 Å². The quantitative estimate of drug-likeness (QED) is 0.0808. The highest BCUT2D eigenvalue weighted by atomic mass is 32.2. The Hall–Kier alpha value is -4.58. The number of phenols is 1. The molecule has 0 spiro atoms. The van der Waals surface area contributed by atoms with Crippen molar-refractivity contribution >= 4 is 85.1 Å². The lowest BCUT2D eigenvalue weighted by molar-refractivity contribution is 0.472. The minimum Gasteiger partial charge on any atom is -0.505 e. The molecule has 4 aromatic carbocycles. The molecule has 0 atom stereocenters. The molecular weight excluding hydrogens is 693 g/mol. The zero-order valence-corrected chi connectivity index (χ0v) is 26.3. The largest absolute Gasteiger partial charge is 0.505 e. The number of rotatable bonds is 9. The predicted molar refractivity (Wildman–Crippen MR) is 163 cm³/mol. The lowest BCUT2D eigenvalue weighted by atomic mass is 10.1. The molecule has 0 heterocycles. The number of benzene rings is 4. The van der Waals surface area contributed by atoms with Crippen molar-refractivity contribution in [3.8, 4) is 5.75 Å². The van der Waals surface area contributed by atoms with E-state index in [4.69, 9.17) is 11.5 Å². The standard InChI is InChI=1S/C24H22N6O12S4/c1-2-43(32,33)16-6-4-3-5-14(16)27-29-22-18(45(37,38)39)9-12-10-19(46(40,41)42)23(24(31)20(12)21(22)26)30-28-15-11-13(25)7-8-17(15)44(34,35)36/h3-11,31H,2,25-26H2,1H3,(H,34,35,36)(H,37,38,39)(H,40,41,42). The fourth-order valence-electron chi connectivity index (χ4n) is 4.10. The molecule has 0 aliphatic heterocycles. The van der Waals surface area contributed by atoms with Crippen LogP contribution in [0.3, 0.4) is 0 Å². The van der Waals surface area contributed by atoms with Crippen molar-refractivity contribution in [3.05, 3.63) is 54.6 Å². The number of fused-ring (bicyclic) bond motifs is 1. The second kappa shape index (κ2) is 12.0. The van der Waals surface area contributed by atoms with Gasteiger partial charge in [-0.15, -0.1) is 20.5 Å². The summed E-state index contributed by atoms with van der Waals surface area (Å²) in [6.07, 6.45) is 0. The van der Waals surface area contributed by atoms with Crippen LogP contribution in [0.4, 0.5) is 34.1 Å². The van der Waals surface area contributed by atoms with Crippen LogP contribution >= 0.6 is 0 Å². The topological polar surface area (TPSA) is 319 Å². The Bertz CT molecular complexity index is 2430. The van der Waals surface area contributed by atoms with Crippen LogP contribution < -0.4 is 11.5 Å². The second-order valence-electron chi connectivity index (χ2n) is 9.23. The summed E-state index contributed by atoms with van der Waals surface area (Å²) in [5.74, 6) is -1.48. The third kappa shape index (κ3) is 6.81. The van der Waals surface area contributed by atoms with Crippen molar-refractivity contribution < 1.29 is 52.4 Å². The molecule has 0 aliphatic carbocycles. The molecule has 0 bridgehead atoms. The number of azo groups is 2. The summed E-state index contributed by atoms with van der Waals surface area (Å²) in [7, 11) is -19.3. The van der Waals surface area contributed by atoms with E-state index in [9.17, 15) is 52.4 Å². The smallest absolute Gasteiger partial charge is 0.296 e. The van der Waals surface area contributed by atoms with Crippen molar-refractivity contribution in [1.82, 2.24) is 0 Å². The average Bonchev–Trinajstić information content (AvgIpc) is 2.94. The molecule has 46 heavy (non-hydrogen) atoms. The van der Waals surface area contributed by atoms with Gasteiger partial charge in [0, 0.05) is 5.69 Å². The molecule has 0 saturated heterocycles. The SMILES string of the molecule is CCS(=O)(=O)c1ccccc1N=Nc1c(S(=O)(=O)O)cc2cc(S(=O)(=O)O)c(N=Nc3cc(N)ccc3S(=O)(=O)O)c(O)c2c1N. The van der Waals surface area contributed by atoms with Gasteiger partial charge in [0.25, 0.3) is 30.4 Å². The predicted octanol–water partition coefficient (Wildman–Crippen LogP) is 4.07. The van der Waals surface area contributed by atoms with Gasteiger partial charge < -0.3 is 16.6 Å². The Morgan fingerprint density at radius 1 is 0.630 bits per heavy atom. The first-order chi connectivity index (χ1) is 21.2. The van der Waals surface area contributed by atoms with Crippen LogP contribution in [0.1, 0.15) is 6.92 Å². The zero-order valence-electron chi connectivity index (χ0n) is 23.0. The van der Waals surface area contributed by atoms with Gasteiger partial charge in [-0.25, -0.2) is 8.42 Å². The summed E-state index contributed by atoms with van der Waals surface area (Å²) in [6.45, 7) is 1.37. The first-order valence-corrected chi connectivity index (χ1v) is 18.2. The Morgan fingerprint density at radius 2 is 1.15 bits per heavy atom. The lowest BCUT2D eigenvalue weighted by Gasteiger charge is -2.14. The maximum Gasteiger partial charge on any atom is 0.296 e. The fraction of sp³-hybridized carbons (Fsp3) is 0.0833. The highest BCUT2D eigenvalue weighted by Crippen LogP contribution is 2.48. The van der Waals surface area contributed by atoms with E-state index >= 15 is 0 Å². The molecule has 0 aromatic heterocycles. The van der Waals surface area contributed by atoms with E-state index in [0.717, 1.165) is 18.2 Å². The molecule has 22 heteroatoms. The van der Waals surface area contributed by atoms with Gasteiger partial charge in [0.05, 0.1) is 21.7 Å². The zero-order chi connectivity index (χ0) is 34.4. The minimum atomic E-state index is -5.30. The molecule has 0 aliphatic rings. The van der Waals surface area contributed by atoms with E-state index < -0.39 is 94.1 Å². The third-order valence-electron chi connectivity index (χ3n) is 6.23. The van der Waals surface area contributed by atoms with Crippen molar-refractivity contribution in [3.63, 3.8) is 0 Å². The van der Waals surface area contributed by atoms with E-state index in [0.29, 0.717) is 12.1 Å². The maximum absolute atomic E-state index is 12.5. The number of sulfone groups is 1. The van der Waals surface area contributed by atoms with Gasteiger partial charge in [-0.1, -0.05) is 19.1 Å². The van der Waals surface area contributed by atoms with Crippen LogP contribution in [0, 0.1) is 0 Å². The van der Waals surface area contributed by atoms with Crippen LogP contribution in [0.15, 0.2) is 94.6 Å². The Balaban J connectivity index is 2.07. The maximum atomic E-state index is 12.5. The minimum absolute atomic E-state index is 0.0654. The van der Waals surface area contributed by atoms with Gasteiger partial charge in [0.2, 0.25) is 0 Å². The van der Waals surface area contributed by atoms with E-state index in [2.05, 4.69) is 20.5 Å². The number of anilines is 2. The summed E-state index contributed by atoms with van der Waals surface area (Å²) in [4.78, 5) is -3.32. The average molecular weight is 715 g/mol. The van der Waals surface area contributed by atoms with Crippen molar-refractivity contribution in [1.29, 1.82) is 0 Å². The third-order valence-corrected chi connectivity index (χ3v) is 10.6. The number of hydrogen-bond donors (Lipinski definition) is 6. The van der Waals surface area contributed by atoms with E-state index in [1.807, 2.05) is 0 Å². The highest BCUT2D eigenvalue weighted by Gasteiger charge is 2.28. The number of nitrogen functional groups attached to an aromatic ring is 2. The number of hydrogen-bond acceptors (Lipinski definition) is 15. The van der Waals surface area contributed by atoms with Crippen LogP contribution in [-0.4, -0.2) is 58.2 Å². The van der Waals surface area contributed by atoms with Gasteiger partial charge in [0.1, 0.15) is 37.4 Å². The number of nitrogens with two attached hydrogens (primary N) is 2. The Morgan fingerprint density at radius 3 is 1.72 bits per heavy atom. The van der Waals surface area contributed by atoms with Crippen molar-refractivity contribution in [2.75, 3.05) is 17.2 Å². The lowest BCUT2D eigenvalue weighted by Crippen LogP contribution is -2.04. The summed E-state index contributed by atoms with van der Waals surface area (Å²) < 4.78 is 127.